The van der Waals surface area contributed by atoms with Gasteiger partial charge in [0.05, 0.1) is 5.75 Å². The van der Waals surface area contributed by atoms with E-state index in [-0.39, 0.29) is 17.4 Å². The van der Waals surface area contributed by atoms with Crippen LogP contribution in [-0.4, -0.2) is 26.4 Å². The smallest absolute Gasteiger partial charge is 0.230 e. The summed E-state index contributed by atoms with van der Waals surface area (Å²) in [6, 6.07) is 14.2. The summed E-state index contributed by atoms with van der Waals surface area (Å²) >= 11 is 1.28. The van der Waals surface area contributed by atoms with Crippen LogP contribution in [0.5, 0.6) is 5.75 Å². The second-order valence-corrected chi connectivity index (χ2v) is 7.92. The molecule has 162 valence electrons. The van der Waals surface area contributed by atoms with Crippen molar-refractivity contribution in [2.45, 2.75) is 38.2 Å². The molecule has 0 saturated heterocycles. The molecular weight excluding hydrogens is 415 g/mol. The molecule has 3 aromatic rings. The van der Waals surface area contributed by atoms with Crippen molar-refractivity contribution >= 4 is 17.7 Å². The quantitative estimate of drug-likeness (QED) is 0.372. The summed E-state index contributed by atoms with van der Waals surface area (Å²) in [7, 11) is 0. The van der Waals surface area contributed by atoms with Crippen LogP contribution in [-0.2, 0) is 17.9 Å². The van der Waals surface area contributed by atoms with Gasteiger partial charge in [-0.05, 0) is 31.5 Å². The largest absolute Gasteiger partial charge is 0.480 e. The number of para-hydroxylation sites is 1. The number of aryl methyl sites for hydroxylation is 1. The summed E-state index contributed by atoms with van der Waals surface area (Å²) in [4.78, 5) is 12.3. The highest BCUT2D eigenvalue weighted by molar-refractivity contribution is 7.99. The van der Waals surface area contributed by atoms with Gasteiger partial charge in [-0.25, -0.2) is 4.39 Å². The van der Waals surface area contributed by atoms with Gasteiger partial charge in [0.15, 0.2) is 28.7 Å². The Bertz CT molecular complexity index is 1040. The van der Waals surface area contributed by atoms with Crippen LogP contribution in [0.2, 0.25) is 0 Å². The maximum Gasteiger partial charge on any atom is 0.230 e. The van der Waals surface area contributed by atoms with E-state index in [1.165, 1.54) is 23.4 Å². The lowest BCUT2D eigenvalue weighted by Crippen LogP contribution is -2.24. The predicted molar refractivity (Wildman–Crippen MR) is 119 cm³/mol. The number of rotatable bonds is 10. The molecule has 31 heavy (non-hydrogen) atoms. The molecule has 0 bridgehead atoms. The minimum Gasteiger partial charge on any atom is -0.480 e. The molecule has 1 heterocycles. The number of amides is 1. The van der Waals surface area contributed by atoms with Crippen LogP contribution < -0.4 is 10.1 Å². The normalized spacial score (nSPS) is 11.7. The van der Waals surface area contributed by atoms with Crippen molar-refractivity contribution in [3.63, 3.8) is 0 Å². The Morgan fingerprint density at radius 2 is 2.00 bits per heavy atom. The summed E-state index contributed by atoms with van der Waals surface area (Å²) < 4.78 is 21.5. The predicted octanol–water partition coefficient (Wildman–Crippen LogP) is 4.46. The van der Waals surface area contributed by atoms with E-state index in [0.717, 1.165) is 5.56 Å². The summed E-state index contributed by atoms with van der Waals surface area (Å²) in [5.41, 5.74) is 2.22. The lowest BCUT2D eigenvalue weighted by Gasteiger charge is -2.16. The van der Waals surface area contributed by atoms with E-state index < -0.39 is 11.9 Å². The zero-order valence-electron chi connectivity index (χ0n) is 17.5. The number of thioether (sulfide) groups is 1. The molecule has 2 aromatic carbocycles. The number of nitrogens with zero attached hydrogens (tertiary/aromatic N) is 3. The molecule has 1 unspecified atom stereocenters. The molecule has 8 heteroatoms. The molecule has 0 aliphatic rings. The topological polar surface area (TPSA) is 69.0 Å². The number of carbonyl (C=O) groups is 1. The Hall–Kier alpha value is -3.13. The van der Waals surface area contributed by atoms with E-state index >= 15 is 0 Å². The summed E-state index contributed by atoms with van der Waals surface area (Å²) in [5, 5.41) is 11.9. The van der Waals surface area contributed by atoms with E-state index in [1.54, 1.807) is 31.2 Å². The third kappa shape index (κ3) is 6.18. The summed E-state index contributed by atoms with van der Waals surface area (Å²) in [5.74, 6) is 0.336. The second-order valence-electron chi connectivity index (χ2n) is 6.98. The highest BCUT2D eigenvalue weighted by atomic mass is 32.2. The number of nitrogens with one attached hydrogen (secondary N) is 1. The molecule has 1 N–H and O–H groups in total. The zero-order chi connectivity index (χ0) is 22.2. The maximum absolute atomic E-state index is 13.9. The highest BCUT2D eigenvalue weighted by Gasteiger charge is 2.20. The van der Waals surface area contributed by atoms with Gasteiger partial charge in [-0.1, -0.05) is 59.8 Å². The lowest BCUT2D eigenvalue weighted by atomic mass is 10.1. The third-order valence-electron chi connectivity index (χ3n) is 4.50. The average molecular weight is 441 g/mol. The Balaban J connectivity index is 1.61. The number of hydrogen-bond acceptors (Lipinski definition) is 5. The van der Waals surface area contributed by atoms with Gasteiger partial charge in [-0.15, -0.1) is 16.8 Å². The number of hydrogen-bond donors (Lipinski definition) is 1. The van der Waals surface area contributed by atoms with Gasteiger partial charge in [-0.2, -0.15) is 0 Å². The van der Waals surface area contributed by atoms with Gasteiger partial charge in [-0.3, -0.25) is 9.36 Å². The van der Waals surface area contributed by atoms with Crippen LogP contribution in [0.25, 0.3) is 0 Å². The summed E-state index contributed by atoms with van der Waals surface area (Å²) in [6.07, 6.45) is 1.18. The van der Waals surface area contributed by atoms with Crippen molar-refractivity contribution in [3.05, 3.63) is 84.0 Å². The molecule has 0 fully saturated rings. The molecule has 0 aliphatic carbocycles. The monoisotopic (exact) mass is 440 g/mol. The minimum absolute atomic E-state index is 0.101. The van der Waals surface area contributed by atoms with Gasteiger partial charge in [0, 0.05) is 13.1 Å². The van der Waals surface area contributed by atoms with Gasteiger partial charge < -0.3 is 10.1 Å². The van der Waals surface area contributed by atoms with Gasteiger partial charge in [0.25, 0.3) is 0 Å². The SMILES string of the molecule is C=CCn1c(SCC(=O)NCc2ccc(C)cc2)nnc1C(C)Oc1ccccc1F. The van der Waals surface area contributed by atoms with Crippen LogP contribution >= 0.6 is 11.8 Å². The maximum atomic E-state index is 13.9. The fourth-order valence-corrected chi connectivity index (χ4v) is 3.66. The van der Waals surface area contributed by atoms with Crippen molar-refractivity contribution in [1.82, 2.24) is 20.1 Å². The first kappa shape index (κ1) is 22.6. The van der Waals surface area contributed by atoms with Crippen molar-refractivity contribution in [2.24, 2.45) is 0 Å². The van der Waals surface area contributed by atoms with Crippen LogP contribution in [0.1, 0.15) is 30.0 Å². The zero-order valence-corrected chi connectivity index (χ0v) is 18.4. The lowest BCUT2D eigenvalue weighted by molar-refractivity contribution is -0.118. The van der Waals surface area contributed by atoms with Gasteiger partial charge in [0.2, 0.25) is 5.91 Å². The Morgan fingerprint density at radius 1 is 1.26 bits per heavy atom. The number of benzene rings is 2. The third-order valence-corrected chi connectivity index (χ3v) is 5.47. The first-order valence-electron chi connectivity index (χ1n) is 9.88. The first-order chi connectivity index (χ1) is 15.0. The Morgan fingerprint density at radius 3 is 2.71 bits per heavy atom. The average Bonchev–Trinajstić information content (AvgIpc) is 3.16. The van der Waals surface area contributed by atoms with Crippen molar-refractivity contribution < 1.29 is 13.9 Å². The number of aromatic nitrogens is 3. The molecule has 6 nitrogen and oxygen atoms in total. The minimum atomic E-state index is -0.533. The molecular formula is C23H25FN4O2S. The molecule has 0 saturated carbocycles. The van der Waals surface area contributed by atoms with Crippen molar-refractivity contribution in [1.29, 1.82) is 0 Å². The molecule has 0 aliphatic heterocycles. The number of carbonyl (C=O) groups excluding carboxylic acids is 1. The highest BCUT2D eigenvalue weighted by Crippen LogP contribution is 2.26. The molecule has 0 spiro atoms. The van der Waals surface area contributed by atoms with Crippen molar-refractivity contribution in [2.75, 3.05) is 5.75 Å². The molecule has 0 radical (unpaired) electrons. The molecule has 1 aromatic heterocycles. The number of allylic oxidation sites excluding steroid dienone is 1. The molecule has 3 rings (SSSR count). The number of halogens is 1. The molecule has 1 atom stereocenters. The Labute approximate surface area is 185 Å². The summed E-state index contributed by atoms with van der Waals surface area (Å²) in [6.45, 7) is 8.49. The van der Waals surface area contributed by atoms with Crippen LogP contribution in [0, 0.1) is 12.7 Å². The standard InChI is InChI=1S/C23H25FN4O2S/c1-4-13-28-22(17(3)30-20-8-6-5-7-19(20)24)26-27-23(28)31-15-21(29)25-14-18-11-9-16(2)10-12-18/h4-12,17H,1,13-15H2,2-3H3,(H,25,29). The Kier molecular flexibility index (Phi) is 7.83. The van der Waals surface area contributed by atoms with Gasteiger partial charge in [0.1, 0.15) is 0 Å². The van der Waals surface area contributed by atoms with Crippen LogP contribution in [0.15, 0.2) is 66.3 Å². The van der Waals surface area contributed by atoms with E-state index in [4.69, 9.17) is 4.74 Å². The van der Waals surface area contributed by atoms with E-state index in [1.807, 2.05) is 35.8 Å². The van der Waals surface area contributed by atoms with Crippen LogP contribution in [0.3, 0.4) is 0 Å². The fourth-order valence-electron chi connectivity index (χ4n) is 2.88. The van der Waals surface area contributed by atoms with E-state index in [0.29, 0.717) is 24.1 Å². The molecule has 1 amide bonds. The first-order valence-corrected chi connectivity index (χ1v) is 10.9. The van der Waals surface area contributed by atoms with Gasteiger partial charge >= 0.3 is 0 Å². The second kappa shape index (κ2) is 10.8. The van der Waals surface area contributed by atoms with E-state index in [9.17, 15) is 9.18 Å². The number of ether oxygens (including phenoxy) is 1. The van der Waals surface area contributed by atoms with Crippen molar-refractivity contribution in [3.8, 4) is 5.75 Å². The van der Waals surface area contributed by atoms with Crippen LogP contribution in [0.4, 0.5) is 4.39 Å². The van der Waals surface area contributed by atoms with E-state index in [2.05, 4.69) is 22.1 Å². The fraction of sp³-hybridized carbons (Fsp3) is 0.261.